The van der Waals surface area contributed by atoms with Crippen LogP contribution >= 0.6 is 0 Å². The number of amides is 2. The molecule has 0 atom stereocenters. The Labute approximate surface area is 172 Å². The lowest BCUT2D eigenvalue weighted by Crippen LogP contribution is -2.16. The van der Waals surface area contributed by atoms with Gasteiger partial charge < -0.3 is 22.1 Å². The van der Waals surface area contributed by atoms with Gasteiger partial charge in [0, 0.05) is 28.2 Å². The summed E-state index contributed by atoms with van der Waals surface area (Å²) in [5.41, 5.74) is 12.7. The molecular weight excluding hydrogens is 408 g/mol. The highest BCUT2D eigenvalue weighted by Gasteiger charge is 2.19. The molecule has 10 heteroatoms. The standard InChI is InChI=1S/C20H18N4O5S/c21-14-5-1-12(2-6-14)19(25)23-16-9-10-18(30(27,28)29)17(11-16)24-20(26)13-3-7-15(22)8-4-13/h1-11H,21-22H2,(H,23,25)(H,24,26)(H,27,28,29). The zero-order valence-corrected chi connectivity index (χ0v) is 16.3. The van der Waals surface area contributed by atoms with Crippen molar-refractivity contribution >= 4 is 44.7 Å². The molecule has 7 N–H and O–H groups in total. The van der Waals surface area contributed by atoms with Gasteiger partial charge in [-0.15, -0.1) is 0 Å². The molecule has 0 aliphatic rings. The van der Waals surface area contributed by atoms with E-state index in [1.165, 1.54) is 48.5 Å². The molecule has 3 aromatic rings. The average Bonchev–Trinajstić information content (AvgIpc) is 2.68. The van der Waals surface area contributed by atoms with Crippen LogP contribution in [-0.2, 0) is 10.1 Å². The van der Waals surface area contributed by atoms with Crippen molar-refractivity contribution in [1.82, 2.24) is 0 Å². The molecule has 0 aliphatic heterocycles. The molecule has 3 aromatic carbocycles. The van der Waals surface area contributed by atoms with Gasteiger partial charge in [0.25, 0.3) is 21.9 Å². The Kier molecular flexibility index (Phi) is 5.72. The van der Waals surface area contributed by atoms with Gasteiger partial charge in [0.2, 0.25) is 0 Å². The van der Waals surface area contributed by atoms with Crippen LogP contribution in [0.25, 0.3) is 0 Å². The summed E-state index contributed by atoms with van der Waals surface area (Å²) < 4.78 is 32.9. The van der Waals surface area contributed by atoms with E-state index < -0.39 is 26.8 Å². The van der Waals surface area contributed by atoms with Crippen LogP contribution in [0.1, 0.15) is 20.7 Å². The lowest BCUT2D eigenvalue weighted by Gasteiger charge is -2.12. The van der Waals surface area contributed by atoms with Gasteiger partial charge in [-0.2, -0.15) is 8.42 Å². The molecule has 0 radical (unpaired) electrons. The molecule has 0 saturated heterocycles. The maximum absolute atomic E-state index is 12.5. The first-order valence-corrected chi connectivity index (χ1v) is 10.0. The number of nitrogens with two attached hydrogens (primary N) is 2. The number of anilines is 4. The first kappa shape index (κ1) is 20.8. The summed E-state index contributed by atoms with van der Waals surface area (Å²) in [4.78, 5) is 24.3. The van der Waals surface area contributed by atoms with E-state index in [1.54, 1.807) is 12.1 Å². The third kappa shape index (κ3) is 4.93. The second kappa shape index (κ2) is 8.23. The lowest BCUT2D eigenvalue weighted by atomic mass is 10.1. The Hall–Kier alpha value is -3.89. The second-order valence-corrected chi connectivity index (χ2v) is 7.73. The molecule has 30 heavy (non-hydrogen) atoms. The van der Waals surface area contributed by atoms with Crippen LogP contribution in [0.5, 0.6) is 0 Å². The molecule has 0 heterocycles. The third-order valence-corrected chi connectivity index (χ3v) is 5.02. The largest absolute Gasteiger partial charge is 0.399 e. The number of rotatable bonds is 5. The number of carbonyl (C=O) groups is 2. The number of carbonyl (C=O) groups excluding carboxylic acids is 2. The van der Waals surface area contributed by atoms with E-state index in [1.807, 2.05) is 0 Å². The van der Waals surface area contributed by atoms with Gasteiger partial charge in [-0.05, 0) is 66.7 Å². The van der Waals surface area contributed by atoms with Crippen LogP contribution in [0.4, 0.5) is 22.7 Å². The average molecular weight is 426 g/mol. The molecule has 0 spiro atoms. The lowest BCUT2D eigenvalue weighted by molar-refractivity contribution is 0.101. The van der Waals surface area contributed by atoms with Crippen molar-refractivity contribution in [2.45, 2.75) is 4.90 Å². The minimum Gasteiger partial charge on any atom is -0.399 e. The Bertz CT molecular complexity index is 1210. The molecule has 0 aliphatic carbocycles. The summed E-state index contributed by atoms with van der Waals surface area (Å²) >= 11 is 0. The van der Waals surface area contributed by atoms with Crippen molar-refractivity contribution in [1.29, 1.82) is 0 Å². The molecule has 3 rings (SSSR count). The van der Waals surface area contributed by atoms with Crippen molar-refractivity contribution in [2.75, 3.05) is 22.1 Å². The summed E-state index contributed by atoms with van der Waals surface area (Å²) in [6.07, 6.45) is 0. The second-order valence-electron chi connectivity index (χ2n) is 6.34. The fourth-order valence-corrected chi connectivity index (χ4v) is 3.22. The summed E-state index contributed by atoms with van der Waals surface area (Å²) in [7, 11) is -4.63. The quantitative estimate of drug-likeness (QED) is 0.309. The first-order valence-electron chi connectivity index (χ1n) is 8.59. The molecule has 0 unspecified atom stereocenters. The molecule has 0 bridgehead atoms. The van der Waals surface area contributed by atoms with Gasteiger partial charge in [0.1, 0.15) is 4.90 Å². The smallest absolute Gasteiger partial charge is 0.296 e. The number of benzene rings is 3. The van der Waals surface area contributed by atoms with Crippen molar-refractivity contribution in [3.63, 3.8) is 0 Å². The van der Waals surface area contributed by atoms with Gasteiger partial charge >= 0.3 is 0 Å². The molecule has 9 nitrogen and oxygen atoms in total. The zero-order chi connectivity index (χ0) is 21.9. The fraction of sp³-hybridized carbons (Fsp3) is 0. The fourth-order valence-electron chi connectivity index (χ4n) is 2.60. The number of nitrogens with one attached hydrogen (secondary N) is 2. The van der Waals surface area contributed by atoms with Gasteiger partial charge in [0.15, 0.2) is 0 Å². The highest BCUT2D eigenvalue weighted by atomic mass is 32.2. The van der Waals surface area contributed by atoms with Crippen LogP contribution < -0.4 is 22.1 Å². The zero-order valence-electron chi connectivity index (χ0n) is 15.5. The maximum atomic E-state index is 12.5. The minimum atomic E-state index is -4.63. The molecular formula is C20H18N4O5S. The van der Waals surface area contributed by atoms with Gasteiger partial charge in [-0.1, -0.05) is 0 Å². The number of hydrogen-bond acceptors (Lipinski definition) is 6. The Morgan fingerprint density at radius 1 is 0.733 bits per heavy atom. The normalized spacial score (nSPS) is 11.0. The van der Waals surface area contributed by atoms with E-state index in [9.17, 15) is 22.6 Å². The van der Waals surface area contributed by atoms with E-state index in [-0.39, 0.29) is 16.9 Å². The van der Waals surface area contributed by atoms with E-state index in [2.05, 4.69) is 10.6 Å². The Morgan fingerprint density at radius 3 is 1.67 bits per heavy atom. The van der Waals surface area contributed by atoms with Crippen LogP contribution in [0, 0.1) is 0 Å². The highest BCUT2D eigenvalue weighted by Crippen LogP contribution is 2.26. The van der Waals surface area contributed by atoms with Crippen molar-refractivity contribution in [3.05, 3.63) is 77.9 Å². The molecule has 154 valence electrons. The van der Waals surface area contributed by atoms with E-state index >= 15 is 0 Å². The molecule has 0 fully saturated rings. The molecule has 0 aromatic heterocycles. The highest BCUT2D eigenvalue weighted by molar-refractivity contribution is 7.86. The van der Waals surface area contributed by atoms with Gasteiger partial charge in [0.05, 0.1) is 5.69 Å². The SMILES string of the molecule is Nc1ccc(C(=O)Nc2ccc(S(=O)(=O)O)c(NC(=O)c3ccc(N)cc3)c2)cc1. The topological polar surface area (TPSA) is 165 Å². The third-order valence-electron chi connectivity index (χ3n) is 4.11. The Balaban J connectivity index is 1.90. The first-order chi connectivity index (χ1) is 14.1. The summed E-state index contributed by atoms with van der Waals surface area (Å²) in [5, 5.41) is 5.02. The number of hydrogen-bond donors (Lipinski definition) is 5. The van der Waals surface area contributed by atoms with Crippen molar-refractivity contribution in [3.8, 4) is 0 Å². The van der Waals surface area contributed by atoms with Crippen LogP contribution in [0.2, 0.25) is 0 Å². The van der Waals surface area contributed by atoms with Crippen LogP contribution in [0.15, 0.2) is 71.6 Å². The summed E-state index contributed by atoms with van der Waals surface area (Å²) in [6.45, 7) is 0. The number of nitrogen functional groups attached to an aromatic ring is 2. The van der Waals surface area contributed by atoms with Gasteiger partial charge in [-0.3, -0.25) is 14.1 Å². The van der Waals surface area contributed by atoms with E-state index in [4.69, 9.17) is 11.5 Å². The summed E-state index contributed by atoms with van der Waals surface area (Å²) in [6, 6.07) is 15.7. The van der Waals surface area contributed by atoms with E-state index in [0.29, 0.717) is 16.9 Å². The maximum Gasteiger partial charge on any atom is 0.296 e. The molecule has 2 amide bonds. The minimum absolute atomic E-state index is 0.200. The van der Waals surface area contributed by atoms with E-state index in [0.717, 1.165) is 6.07 Å². The van der Waals surface area contributed by atoms with Crippen LogP contribution in [-0.4, -0.2) is 24.8 Å². The molecule has 0 saturated carbocycles. The Morgan fingerprint density at radius 2 is 1.20 bits per heavy atom. The van der Waals surface area contributed by atoms with Crippen molar-refractivity contribution in [2.24, 2.45) is 0 Å². The van der Waals surface area contributed by atoms with Crippen molar-refractivity contribution < 1.29 is 22.6 Å². The predicted molar refractivity (Wildman–Crippen MR) is 114 cm³/mol. The predicted octanol–water partition coefficient (Wildman–Crippen LogP) is 2.60. The van der Waals surface area contributed by atoms with Gasteiger partial charge in [-0.25, -0.2) is 0 Å². The summed E-state index contributed by atoms with van der Waals surface area (Å²) in [5.74, 6) is -1.09. The van der Waals surface area contributed by atoms with Crippen LogP contribution in [0.3, 0.4) is 0 Å². The monoisotopic (exact) mass is 426 g/mol.